The quantitative estimate of drug-likeness (QED) is 0.574. The van der Waals surface area contributed by atoms with E-state index < -0.39 is 0 Å². The van der Waals surface area contributed by atoms with Gasteiger partial charge in [0.2, 0.25) is 0 Å². The predicted molar refractivity (Wildman–Crippen MR) is 65.4 cm³/mol. The number of nitrogens with zero attached hydrogens (tertiary/aromatic N) is 1. The van der Waals surface area contributed by atoms with E-state index in [2.05, 4.69) is 41.5 Å². The van der Waals surface area contributed by atoms with Gasteiger partial charge in [-0.1, -0.05) is 20.8 Å². The zero-order chi connectivity index (χ0) is 11.2. The first kappa shape index (κ1) is 14.0. The summed E-state index contributed by atoms with van der Waals surface area (Å²) >= 11 is 0. The van der Waals surface area contributed by atoms with Crippen LogP contribution in [0.5, 0.6) is 0 Å². The molecule has 86 valence electrons. The van der Waals surface area contributed by atoms with Crippen LogP contribution in [-0.4, -0.2) is 30.7 Å². The van der Waals surface area contributed by atoms with Crippen molar-refractivity contribution in [3.63, 3.8) is 0 Å². The highest BCUT2D eigenvalue weighted by molar-refractivity contribution is 4.60. The maximum Gasteiger partial charge on any atom is 0.0786 e. The molecule has 14 heavy (non-hydrogen) atoms. The third-order valence-electron chi connectivity index (χ3n) is 3.57. The summed E-state index contributed by atoms with van der Waals surface area (Å²) in [7, 11) is 0. The van der Waals surface area contributed by atoms with Crippen molar-refractivity contribution in [2.24, 2.45) is 5.41 Å². The second-order valence-electron chi connectivity index (χ2n) is 5.68. The second-order valence-corrected chi connectivity index (χ2v) is 5.68. The molecule has 0 radical (unpaired) electrons. The Kier molecular flexibility index (Phi) is 5.73. The molecule has 1 heteroatoms. The van der Waals surface area contributed by atoms with E-state index in [4.69, 9.17) is 0 Å². The maximum absolute atomic E-state index is 2.34. The first-order valence-electron chi connectivity index (χ1n) is 6.24. The Bertz CT molecular complexity index is 132. The molecule has 0 unspecified atom stereocenters. The minimum Gasteiger partial charge on any atom is -0.324 e. The Morgan fingerprint density at radius 2 is 1.29 bits per heavy atom. The number of hydrogen-bond acceptors (Lipinski definition) is 0. The van der Waals surface area contributed by atoms with Gasteiger partial charge in [0.05, 0.1) is 26.2 Å². The van der Waals surface area contributed by atoms with Gasteiger partial charge >= 0.3 is 0 Å². The lowest BCUT2D eigenvalue weighted by atomic mass is 9.90. The van der Waals surface area contributed by atoms with Crippen molar-refractivity contribution in [1.82, 2.24) is 0 Å². The molecule has 0 amide bonds. The van der Waals surface area contributed by atoms with E-state index in [-0.39, 0.29) is 0 Å². The van der Waals surface area contributed by atoms with Crippen LogP contribution >= 0.6 is 0 Å². The molecule has 0 aromatic carbocycles. The molecule has 0 rings (SSSR count). The molecule has 0 fully saturated rings. The molecule has 1 nitrogen and oxygen atoms in total. The van der Waals surface area contributed by atoms with Crippen LogP contribution < -0.4 is 0 Å². The molecule has 0 bridgehead atoms. The second kappa shape index (κ2) is 5.75. The van der Waals surface area contributed by atoms with Gasteiger partial charge in [0.15, 0.2) is 0 Å². The van der Waals surface area contributed by atoms with Crippen LogP contribution in [0, 0.1) is 5.41 Å². The lowest BCUT2D eigenvalue weighted by Crippen LogP contribution is -2.48. The molecule has 0 aliphatic heterocycles. The summed E-state index contributed by atoms with van der Waals surface area (Å²) in [4.78, 5) is 0. The molecule has 0 saturated carbocycles. The Morgan fingerprint density at radius 1 is 0.857 bits per heavy atom. The fourth-order valence-corrected chi connectivity index (χ4v) is 2.09. The Morgan fingerprint density at radius 3 is 1.57 bits per heavy atom. The Balaban J connectivity index is 3.95. The molecule has 0 saturated heterocycles. The standard InChI is InChI=1S/C13H30N/c1-7-14(8-2,9-3)12-10-11-13(4,5)6/h7-12H2,1-6H3/q+1. The molecule has 0 aliphatic carbocycles. The number of hydrogen-bond donors (Lipinski definition) is 0. The van der Waals surface area contributed by atoms with Gasteiger partial charge in [-0.05, 0) is 39.0 Å². The summed E-state index contributed by atoms with van der Waals surface area (Å²) in [5.41, 5.74) is 0.505. The minimum atomic E-state index is 0.505. The summed E-state index contributed by atoms with van der Waals surface area (Å²) in [6, 6.07) is 0. The monoisotopic (exact) mass is 200 g/mol. The van der Waals surface area contributed by atoms with Gasteiger partial charge in [0.25, 0.3) is 0 Å². The van der Waals surface area contributed by atoms with Crippen molar-refractivity contribution in [2.45, 2.75) is 54.4 Å². The summed E-state index contributed by atoms with van der Waals surface area (Å²) in [6.07, 6.45) is 2.73. The van der Waals surface area contributed by atoms with Crippen LogP contribution in [0.25, 0.3) is 0 Å². The predicted octanol–water partition coefficient (Wildman–Crippen LogP) is 3.69. The molecule has 0 heterocycles. The van der Waals surface area contributed by atoms with E-state index in [9.17, 15) is 0 Å². The van der Waals surface area contributed by atoms with Gasteiger partial charge in [-0.25, -0.2) is 0 Å². The summed E-state index contributed by atoms with van der Waals surface area (Å²) < 4.78 is 1.30. The summed E-state index contributed by atoms with van der Waals surface area (Å²) in [5.74, 6) is 0. The fourth-order valence-electron chi connectivity index (χ4n) is 2.09. The average Bonchev–Trinajstić information content (AvgIpc) is 2.11. The topological polar surface area (TPSA) is 0 Å². The number of quaternary nitrogens is 1. The van der Waals surface area contributed by atoms with Crippen LogP contribution in [0.2, 0.25) is 0 Å². The Hall–Kier alpha value is -0.0400. The SMILES string of the molecule is CC[N+](CC)(CC)CCCC(C)(C)C. The molecule has 0 atom stereocenters. The summed E-state index contributed by atoms with van der Waals surface area (Å²) in [6.45, 7) is 19.2. The molecule has 0 spiro atoms. The molecule has 0 aromatic rings. The van der Waals surface area contributed by atoms with Crippen molar-refractivity contribution in [2.75, 3.05) is 26.2 Å². The van der Waals surface area contributed by atoms with Gasteiger partial charge in [-0.2, -0.15) is 0 Å². The van der Waals surface area contributed by atoms with Crippen molar-refractivity contribution >= 4 is 0 Å². The molecule has 0 aromatic heterocycles. The van der Waals surface area contributed by atoms with Crippen molar-refractivity contribution in [3.8, 4) is 0 Å². The van der Waals surface area contributed by atoms with E-state index in [0.717, 1.165) is 0 Å². The molecular formula is C13H30N+. The zero-order valence-corrected chi connectivity index (χ0v) is 11.2. The normalized spacial score (nSPS) is 13.3. The van der Waals surface area contributed by atoms with E-state index in [1.165, 1.54) is 43.5 Å². The lowest BCUT2D eigenvalue weighted by molar-refractivity contribution is -0.923. The maximum atomic E-state index is 2.34. The van der Waals surface area contributed by atoms with E-state index in [1.54, 1.807) is 0 Å². The van der Waals surface area contributed by atoms with E-state index in [0.29, 0.717) is 5.41 Å². The highest BCUT2D eigenvalue weighted by Crippen LogP contribution is 2.22. The van der Waals surface area contributed by atoms with Gasteiger partial charge in [-0.15, -0.1) is 0 Å². The highest BCUT2D eigenvalue weighted by atomic mass is 15.3. The molecule has 0 N–H and O–H groups in total. The van der Waals surface area contributed by atoms with Crippen LogP contribution in [0.4, 0.5) is 0 Å². The van der Waals surface area contributed by atoms with Crippen LogP contribution in [-0.2, 0) is 0 Å². The van der Waals surface area contributed by atoms with Gasteiger partial charge in [0, 0.05) is 0 Å². The zero-order valence-electron chi connectivity index (χ0n) is 11.2. The smallest absolute Gasteiger partial charge is 0.0786 e. The van der Waals surface area contributed by atoms with Crippen LogP contribution in [0.3, 0.4) is 0 Å². The lowest BCUT2D eigenvalue weighted by Gasteiger charge is -2.36. The van der Waals surface area contributed by atoms with Gasteiger partial charge < -0.3 is 4.48 Å². The number of rotatable bonds is 6. The highest BCUT2D eigenvalue weighted by Gasteiger charge is 2.21. The van der Waals surface area contributed by atoms with Crippen molar-refractivity contribution in [3.05, 3.63) is 0 Å². The van der Waals surface area contributed by atoms with Crippen LogP contribution in [0.1, 0.15) is 54.4 Å². The van der Waals surface area contributed by atoms with Crippen LogP contribution in [0.15, 0.2) is 0 Å². The average molecular weight is 200 g/mol. The minimum absolute atomic E-state index is 0.505. The molecular weight excluding hydrogens is 170 g/mol. The third kappa shape index (κ3) is 4.99. The third-order valence-corrected chi connectivity index (χ3v) is 3.57. The fraction of sp³-hybridized carbons (Fsp3) is 1.00. The molecule has 0 aliphatic rings. The largest absolute Gasteiger partial charge is 0.324 e. The van der Waals surface area contributed by atoms with Gasteiger partial charge in [-0.3, -0.25) is 0 Å². The summed E-state index contributed by atoms with van der Waals surface area (Å²) in [5, 5.41) is 0. The van der Waals surface area contributed by atoms with Crippen molar-refractivity contribution in [1.29, 1.82) is 0 Å². The first-order chi connectivity index (χ1) is 6.39. The van der Waals surface area contributed by atoms with E-state index >= 15 is 0 Å². The first-order valence-corrected chi connectivity index (χ1v) is 6.24. The van der Waals surface area contributed by atoms with Gasteiger partial charge in [0.1, 0.15) is 0 Å². The van der Waals surface area contributed by atoms with E-state index in [1.807, 2.05) is 0 Å². The van der Waals surface area contributed by atoms with Crippen molar-refractivity contribution < 1.29 is 4.48 Å². The Labute approximate surface area is 91.1 Å².